The number of benzene rings is 1. The molecule has 2 rings (SSSR count). The Hall–Kier alpha value is -3.75. The van der Waals surface area contributed by atoms with Gasteiger partial charge in [0.2, 0.25) is 5.41 Å². The predicted octanol–water partition coefficient (Wildman–Crippen LogP) is 0.920. The van der Waals surface area contributed by atoms with Crippen molar-refractivity contribution in [1.29, 1.82) is 0 Å². The molecule has 0 saturated carbocycles. The lowest BCUT2D eigenvalue weighted by Crippen LogP contribution is -2.48. The molecule has 0 saturated heterocycles. The van der Waals surface area contributed by atoms with Gasteiger partial charge in [-0.3, -0.25) is 19.2 Å². The molecule has 1 unspecified atom stereocenters. The van der Waals surface area contributed by atoms with Crippen LogP contribution in [0.1, 0.15) is 20.7 Å². The Bertz CT molecular complexity index is 877. The van der Waals surface area contributed by atoms with Crippen LogP contribution in [-0.2, 0) is 14.4 Å². The highest BCUT2D eigenvalue weighted by molar-refractivity contribution is 6.17. The third-order valence-corrected chi connectivity index (χ3v) is 3.98. The van der Waals surface area contributed by atoms with Crippen LogP contribution < -0.4 is 0 Å². The van der Waals surface area contributed by atoms with E-state index in [2.05, 4.69) is 0 Å². The summed E-state index contributed by atoms with van der Waals surface area (Å²) in [5.74, 6) is -9.89. The van der Waals surface area contributed by atoms with Crippen LogP contribution in [0.15, 0.2) is 48.1 Å². The van der Waals surface area contributed by atoms with Gasteiger partial charge in [-0.25, -0.2) is 4.79 Å². The molecule has 134 valence electrons. The van der Waals surface area contributed by atoms with E-state index < -0.39 is 46.6 Å². The minimum atomic E-state index is -2.90. The van der Waals surface area contributed by atoms with Gasteiger partial charge in [0, 0.05) is 11.1 Å². The van der Waals surface area contributed by atoms with Crippen molar-refractivity contribution < 1.29 is 44.4 Å². The molecule has 0 bridgehead atoms. The quantitative estimate of drug-likeness (QED) is 0.426. The van der Waals surface area contributed by atoms with Crippen LogP contribution in [0, 0.1) is 11.3 Å². The largest absolute Gasteiger partial charge is 0.481 e. The van der Waals surface area contributed by atoms with E-state index in [9.17, 15) is 34.2 Å². The molecule has 1 atom stereocenters. The molecule has 0 heterocycles. The van der Waals surface area contributed by atoms with Gasteiger partial charge in [0.1, 0.15) is 5.92 Å². The normalized spacial score (nSPS) is 17.8. The highest BCUT2D eigenvalue weighted by atomic mass is 16.4. The van der Waals surface area contributed by atoms with Crippen LogP contribution in [0.3, 0.4) is 0 Å². The Morgan fingerprint density at radius 3 is 1.85 bits per heavy atom. The van der Waals surface area contributed by atoms with Gasteiger partial charge in [0.25, 0.3) is 0 Å². The molecular formula is C17H12O9. The van der Waals surface area contributed by atoms with Crippen molar-refractivity contribution in [2.45, 2.75) is 0 Å². The molecule has 1 aliphatic carbocycles. The van der Waals surface area contributed by atoms with E-state index in [1.807, 2.05) is 0 Å². The lowest BCUT2D eigenvalue weighted by Gasteiger charge is -2.29. The second kappa shape index (κ2) is 6.63. The highest BCUT2D eigenvalue weighted by Gasteiger charge is 2.55. The molecular weight excluding hydrogens is 348 g/mol. The number of hydrogen-bond donors (Lipinski definition) is 4. The second-order valence-corrected chi connectivity index (χ2v) is 5.43. The van der Waals surface area contributed by atoms with Crippen LogP contribution in [0.4, 0.5) is 0 Å². The third kappa shape index (κ3) is 2.86. The van der Waals surface area contributed by atoms with Crippen molar-refractivity contribution >= 4 is 29.7 Å². The van der Waals surface area contributed by atoms with Crippen molar-refractivity contribution in [3.8, 4) is 0 Å². The number of carbonyl (C=O) groups is 5. The molecule has 0 aromatic heterocycles. The van der Waals surface area contributed by atoms with Gasteiger partial charge in [0.15, 0.2) is 5.78 Å². The SMILES string of the molecule is O=C(O)c1ccccc1C(=O)C1=CC(C(=O)O)(C(=O)O)C(C(=O)O)C=C1. The van der Waals surface area contributed by atoms with Crippen molar-refractivity contribution in [2.24, 2.45) is 11.3 Å². The highest BCUT2D eigenvalue weighted by Crippen LogP contribution is 2.38. The maximum atomic E-state index is 12.6. The number of aromatic carboxylic acids is 1. The summed E-state index contributed by atoms with van der Waals surface area (Å²) in [6, 6.07) is 5.11. The molecule has 1 aliphatic rings. The van der Waals surface area contributed by atoms with Gasteiger partial charge in [-0.15, -0.1) is 0 Å². The Labute approximate surface area is 145 Å². The smallest absolute Gasteiger partial charge is 0.336 e. The lowest BCUT2D eigenvalue weighted by atomic mass is 9.70. The Kier molecular flexibility index (Phi) is 4.74. The minimum absolute atomic E-state index is 0.283. The zero-order chi connectivity index (χ0) is 19.6. The number of Topliss-reactive ketones (excluding diaryl/α,β-unsaturated/α-hetero) is 1. The summed E-state index contributed by atoms with van der Waals surface area (Å²) < 4.78 is 0. The molecule has 0 spiro atoms. The van der Waals surface area contributed by atoms with E-state index in [-0.39, 0.29) is 11.1 Å². The topological polar surface area (TPSA) is 166 Å². The molecule has 9 heteroatoms. The third-order valence-electron chi connectivity index (χ3n) is 3.98. The number of hydrogen-bond acceptors (Lipinski definition) is 5. The van der Waals surface area contributed by atoms with Crippen LogP contribution >= 0.6 is 0 Å². The number of carbonyl (C=O) groups excluding carboxylic acids is 1. The van der Waals surface area contributed by atoms with Crippen LogP contribution in [0.25, 0.3) is 0 Å². The maximum Gasteiger partial charge on any atom is 0.336 e. The van der Waals surface area contributed by atoms with Crippen LogP contribution in [0.5, 0.6) is 0 Å². The monoisotopic (exact) mass is 360 g/mol. The van der Waals surface area contributed by atoms with Crippen LogP contribution in [-0.4, -0.2) is 50.1 Å². The lowest BCUT2D eigenvalue weighted by molar-refractivity contribution is -0.169. The summed E-state index contributed by atoms with van der Waals surface area (Å²) in [5.41, 5.74) is -3.97. The van der Waals surface area contributed by atoms with E-state index in [0.29, 0.717) is 6.08 Å². The molecule has 0 radical (unpaired) electrons. The summed E-state index contributed by atoms with van der Waals surface area (Å²) in [5, 5.41) is 37.0. The standard InChI is InChI=1S/C17H12O9/c18-12(9-3-1-2-4-10(9)13(19)20)8-5-6-11(14(21)22)17(7-8,15(23)24)16(25)26/h1-7,11H,(H,19,20)(H,21,22)(H,23,24)(H,25,26). The van der Waals surface area contributed by atoms with Crippen molar-refractivity contribution in [1.82, 2.24) is 0 Å². The second-order valence-electron chi connectivity index (χ2n) is 5.43. The average molecular weight is 360 g/mol. The zero-order valence-corrected chi connectivity index (χ0v) is 12.9. The summed E-state index contributed by atoms with van der Waals surface area (Å²) in [4.78, 5) is 58.3. The number of carboxylic acid groups (broad SMARTS) is 4. The fourth-order valence-electron chi connectivity index (χ4n) is 2.66. The van der Waals surface area contributed by atoms with E-state index in [4.69, 9.17) is 10.2 Å². The molecule has 0 aliphatic heterocycles. The number of aliphatic carboxylic acids is 3. The first-order valence-corrected chi connectivity index (χ1v) is 7.10. The minimum Gasteiger partial charge on any atom is -0.481 e. The number of allylic oxidation sites excluding steroid dienone is 2. The predicted molar refractivity (Wildman–Crippen MR) is 83.8 cm³/mol. The molecule has 4 N–H and O–H groups in total. The van der Waals surface area contributed by atoms with Crippen LogP contribution in [0.2, 0.25) is 0 Å². The first-order valence-electron chi connectivity index (χ1n) is 7.10. The van der Waals surface area contributed by atoms with Gasteiger partial charge >= 0.3 is 23.9 Å². The van der Waals surface area contributed by atoms with Crippen molar-refractivity contribution in [3.05, 3.63) is 59.2 Å². The molecule has 1 aromatic rings. The Morgan fingerprint density at radius 1 is 0.846 bits per heavy atom. The molecule has 1 aromatic carbocycles. The molecule has 26 heavy (non-hydrogen) atoms. The fraction of sp³-hybridized carbons (Fsp3) is 0.118. The van der Waals surface area contributed by atoms with Gasteiger partial charge in [-0.1, -0.05) is 30.4 Å². The fourth-order valence-corrected chi connectivity index (χ4v) is 2.66. The maximum absolute atomic E-state index is 12.6. The van der Waals surface area contributed by atoms with E-state index in [1.165, 1.54) is 18.2 Å². The molecule has 0 amide bonds. The van der Waals surface area contributed by atoms with Crippen molar-refractivity contribution in [2.75, 3.05) is 0 Å². The van der Waals surface area contributed by atoms with E-state index in [0.717, 1.165) is 18.2 Å². The molecule has 0 fully saturated rings. The number of rotatable bonds is 6. The summed E-state index contributed by atoms with van der Waals surface area (Å²) in [7, 11) is 0. The van der Waals surface area contributed by atoms with E-state index in [1.54, 1.807) is 0 Å². The van der Waals surface area contributed by atoms with Gasteiger partial charge in [0.05, 0.1) is 5.56 Å². The van der Waals surface area contributed by atoms with Gasteiger partial charge in [-0.05, 0) is 12.1 Å². The Morgan fingerprint density at radius 2 is 1.38 bits per heavy atom. The van der Waals surface area contributed by atoms with Gasteiger partial charge in [-0.2, -0.15) is 0 Å². The Balaban J connectivity index is 2.64. The first kappa shape index (κ1) is 18.6. The zero-order valence-electron chi connectivity index (χ0n) is 12.9. The summed E-state index contributed by atoms with van der Waals surface area (Å²) in [6.45, 7) is 0. The summed E-state index contributed by atoms with van der Waals surface area (Å²) in [6.07, 6.45) is 2.31. The van der Waals surface area contributed by atoms with Crippen molar-refractivity contribution in [3.63, 3.8) is 0 Å². The summed E-state index contributed by atoms with van der Waals surface area (Å²) >= 11 is 0. The molecule has 9 nitrogen and oxygen atoms in total. The van der Waals surface area contributed by atoms with E-state index >= 15 is 0 Å². The number of carboxylic acids is 4. The first-order chi connectivity index (χ1) is 12.1. The average Bonchev–Trinajstić information content (AvgIpc) is 2.59. The number of ketones is 1. The van der Waals surface area contributed by atoms with Gasteiger partial charge < -0.3 is 20.4 Å².